The molecule has 0 atom stereocenters. The van der Waals surface area contributed by atoms with Crippen LogP contribution >= 0.6 is 0 Å². The molecule has 2 aromatic carbocycles. The minimum Gasteiger partial charge on any atom is -0.349 e. The third-order valence-corrected chi connectivity index (χ3v) is 5.43. The van der Waals surface area contributed by atoms with Gasteiger partial charge in [0, 0.05) is 34.8 Å². The first-order valence-corrected chi connectivity index (χ1v) is 9.93. The van der Waals surface area contributed by atoms with Crippen molar-refractivity contribution in [1.82, 2.24) is 10.3 Å². The van der Waals surface area contributed by atoms with Crippen LogP contribution in [0.5, 0.6) is 0 Å². The zero-order chi connectivity index (χ0) is 20.4. The number of halogens is 2. The molecule has 2 N–H and O–H groups in total. The molecular formula is C23H23F2N3O. The van der Waals surface area contributed by atoms with Crippen LogP contribution in [0.3, 0.4) is 0 Å². The lowest BCUT2D eigenvalue weighted by atomic mass is 9.95. The molecule has 0 bridgehead atoms. The van der Waals surface area contributed by atoms with Gasteiger partial charge in [0.15, 0.2) is 0 Å². The fourth-order valence-electron chi connectivity index (χ4n) is 4.03. The molecule has 1 amide bonds. The Kier molecular flexibility index (Phi) is 5.43. The normalized spacial score (nSPS) is 14.7. The van der Waals surface area contributed by atoms with Crippen molar-refractivity contribution in [3.05, 3.63) is 65.4 Å². The maximum atomic E-state index is 13.5. The monoisotopic (exact) mass is 395 g/mol. The summed E-state index contributed by atoms with van der Waals surface area (Å²) in [5.74, 6) is -1.03. The van der Waals surface area contributed by atoms with E-state index in [9.17, 15) is 13.6 Å². The Morgan fingerprint density at radius 3 is 2.52 bits per heavy atom. The summed E-state index contributed by atoms with van der Waals surface area (Å²) in [5.41, 5.74) is 1.71. The summed E-state index contributed by atoms with van der Waals surface area (Å²) in [7, 11) is 0. The molecule has 4 rings (SSSR count). The van der Waals surface area contributed by atoms with Crippen molar-refractivity contribution in [2.75, 3.05) is 5.32 Å². The molecule has 1 aromatic heterocycles. The van der Waals surface area contributed by atoms with Gasteiger partial charge in [-0.25, -0.2) is 13.8 Å². The van der Waals surface area contributed by atoms with Gasteiger partial charge in [0.1, 0.15) is 17.5 Å². The largest absolute Gasteiger partial charge is 0.349 e. The van der Waals surface area contributed by atoms with Crippen molar-refractivity contribution < 1.29 is 13.6 Å². The zero-order valence-corrected chi connectivity index (χ0v) is 16.3. The summed E-state index contributed by atoms with van der Waals surface area (Å²) in [4.78, 5) is 17.4. The van der Waals surface area contributed by atoms with Gasteiger partial charge in [0.05, 0.1) is 5.56 Å². The number of hydrogen-bond donors (Lipinski definition) is 2. The van der Waals surface area contributed by atoms with E-state index in [0.29, 0.717) is 11.4 Å². The van der Waals surface area contributed by atoms with Crippen LogP contribution in [0.25, 0.3) is 10.8 Å². The average Bonchev–Trinajstić information content (AvgIpc) is 2.68. The van der Waals surface area contributed by atoms with E-state index in [0.717, 1.165) is 48.1 Å². The highest BCUT2D eigenvalue weighted by Crippen LogP contribution is 2.30. The van der Waals surface area contributed by atoms with E-state index in [-0.39, 0.29) is 17.6 Å². The number of carbonyl (C=O) groups is 1. The smallest absolute Gasteiger partial charge is 0.253 e. The van der Waals surface area contributed by atoms with Crippen molar-refractivity contribution in [3.8, 4) is 0 Å². The van der Waals surface area contributed by atoms with Crippen LogP contribution in [0.15, 0.2) is 42.6 Å². The average molecular weight is 395 g/mol. The predicted octanol–water partition coefficient (Wildman–Crippen LogP) is 5.63. The van der Waals surface area contributed by atoms with Gasteiger partial charge in [0.2, 0.25) is 0 Å². The molecule has 6 heteroatoms. The van der Waals surface area contributed by atoms with Crippen LogP contribution in [0.1, 0.15) is 48.0 Å². The SMILES string of the molecule is Cc1cccc2c(Nc3cc(F)cc(F)c3)ncc(C(=O)NC3CCCCC3)c12. The van der Waals surface area contributed by atoms with Gasteiger partial charge in [-0.2, -0.15) is 0 Å². The van der Waals surface area contributed by atoms with Crippen LogP contribution in [-0.4, -0.2) is 16.9 Å². The number of fused-ring (bicyclic) bond motifs is 1. The van der Waals surface area contributed by atoms with Crippen LogP contribution in [-0.2, 0) is 0 Å². The van der Waals surface area contributed by atoms with Crippen LogP contribution in [0, 0.1) is 18.6 Å². The number of amides is 1. The maximum Gasteiger partial charge on any atom is 0.253 e. The molecular weight excluding hydrogens is 372 g/mol. The number of carbonyl (C=O) groups excluding carboxylic acids is 1. The zero-order valence-electron chi connectivity index (χ0n) is 16.3. The number of anilines is 2. The van der Waals surface area contributed by atoms with E-state index in [4.69, 9.17) is 0 Å². The van der Waals surface area contributed by atoms with Crippen molar-refractivity contribution in [3.63, 3.8) is 0 Å². The molecule has 0 aliphatic heterocycles. The van der Waals surface area contributed by atoms with Crippen LogP contribution < -0.4 is 10.6 Å². The fourth-order valence-corrected chi connectivity index (χ4v) is 4.03. The molecule has 29 heavy (non-hydrogen) atoms. The molecule has 4 nitrogen and oxygen atoms in total. The highest BCUT2D eigenvalue weighted by Gasteiger charge is 2.20. The molecule has 0 saturated heterocycles. The molecule has 3 aromatic rings. The Morgan fingerprint density at radius 2 is 1.79 bits per heavy atom. The summed E-state index contributed by atoms with van der Waals surface area (Å²) < 4.78 is 27.1. The van der Waals surface area contributed by atoms with Crippen molar-refractivity contribution >= 4 is 28.2 Å². The maximum absolute atomic E-state index is 13.5. The number of hydrogen-bond acceptors (Lipinski definition) is 3. The minimum absolute atomic E-state index is 0.132. The molecule has 1 aliphatic rings. The van der Waals surface area contributed by atoms with E-state index in [1.807, 2.05) is 25.1 Å². The van der Waals surface area contributed by atoms with E-state index in [1.54, 1.807) is 0 Å². The number of nitrogens with one attached hydrogen (secondary N) is 2. The third-order valence-electron chi connectivity index (χ3n) is 5.43. The fraction of sp³-hybridized carbons (Fsp3) is 0.304. The molecule has 0 unspecified atom stereocenters. The van der Waals surface area contributed by atoms with E-state index in [2.05, 4.69) is 15.6 Å². The quantitative estimate of drug-likeness (QED) is 0.602. The summed E-state index contributed by atoms with van der Waals surface area (Å²) in [5, 5.41) is 7.64. The third kappa shape index (κ3) is 4.21. The van der Waals surface area contributed by atoms with Crippen molar-refractivity contribution in [1.29, 1.82) is 0 Å². The summed E-state index contributed by atoms with van der Waals surface area (Å²) in [6, 6.07) is 9.09. The van der Waals surface area contributed by atoms with Gasteiger partial charge >= 0.3 is 0 Å². The first-order chi connectivity index (χ1) is 14.0. The number of nitrogens with zero attached hydrogens (tertiary/aromatic N) is 1. The molecule has 0 radical (unpaired) electrons. The second-order valence-electron chi connectivity index (χ2n) is 7.61. The Morgan fingerprint density at radius 1 is 1.07 bits per heavy atom. The van der Waals surface area contributed by atoms with Crippen LogP contribution in [0.2, 0.25) is 0 Å². The first-order valence-electron chi connectivity index (χ1n) is 9.93. The Balaban J connectivity index is 1.70. The highest BCUT2D eigenvalue weighted by atomic mass is 19.1. The van der Waals surface area contributed by atoms with E-state index >= 15 is 0 Å². The lowest BCUT2D eigenvalue weighted by molar-refractivity contribution is 0.0929. The van der Waals surface area contributed by atoms with Gasteiger partial charge in [0.25, 0.3) is 5.91 Å². The summed E-state index contributed by atoms with van der Waals surface area (Å²) in [6.45, 7) is 1.94. The van der Waals surface area contributed by atoms with Gasteiger partial charge < -0.3 is 10.6 Å². The van der Waals surface area contributed by atoms with Gasteiger partial charge in [-0.15, -0.1) is 0 Å². The second-order valence-corrected chi connectivity index (χ2v) is 7.61. The van der Waals surface area contributed by atoms with E-state index in [1.165, 1.54) is 24.8 Å². The van der Waals surface area contributed by atoms with E-state index < -0.39 is 11.6 Å². The van der Waals surface area contributed by atoms with Gasteiger partial charge in [-0.05, 0) is 37.5 Å². The topological polar surface area (TPSA) is 54.0 Å². The second kappa shape index (κ2) is 8.15. The molecule has 1 heterocycles. The Hall–Kier alpha value is -3.02. The van der Waals surface area contributed by atoms with Crippen molar-refractivity contribution in [2.45, 2.75) is 45.1 Å². The number of aromatic nitrogens is 1. The van der Waals surface area contributed by atoms with Crippen LogP contribution in [0.4, 0.5) is 20.3 Å². The Bertz CT molecular complexity index is 1040. The lowest BCUT2D eigenvalue weighted by Crippen LogP contribution is -2.36. The molecule has 1 aliphatic carbocycles. The highest BCUT2D eigenvalue weighted by molar-refractivity contribution is 6.10. The molecule has 1 fully saturated rings. The standard InChI is InChI=1S/C23H23F2N3O/c1-14-6-5-9-19-21(14)20(23(29)28-17-7-3-2-4-8-17)13-26-22(19)27-18-11-15(24)10-16(25)12-18/h5-6,9-13,17H,2-4,7-8H2,1H3,(H,26,27)(H,28,29). The van der Waals surface area contributed by atoms with Gasteiger partial charge in [-0.1, -0.05) is 37.5 Å². The number of benzene rings is 2. The lowest BCUT2D eigenvalue weighted by Gasteiger charge is -2.23. The molecule has 0 spiro atoms. The Labute approximate surface area is 168 Å². The number of rotatable bonds is 4. The molecule has 1 saturated carbocycles. The number of aryl methyl sites for hydroxylation is 1. The van der Waals surface area contributed by atoms with Gasteiger partial charge in [-0.3, -0.25) is 4.79 Å². The number of pyridine rings is 1. The minimum atomic E-state index is -0.670. The predicted molar refractivity (Wildman–Crippen MR) is 110 cm³/mol. The first kappa shape index (κ1) is 19.3. The summed E-state index contributed by atoms with van der Waals surface area (Å²) in [6.07, 6.45) is 7.02. The van der Waals surface area contributed by atoms with Crippen molar-refractivity contribution in [2.24, 2.45) is 0 Å². The molecule has 150 valence electrons. The summed E-state index contributed by atoms with van der Waals surface area (Å²) >= 11 is 0.